The number of fused-ring (bicyclic) bond motifs is 1. The minimum absolute atomic E-state index is 0.105. The summed E-state index contributed by atoms with van der Waals surface area (Å²) >= 11 is 0. The number of hydrogen-bond acceptors (Lipinski definition) is 3. The van der Waals surface area contributed by atoms with Gasteiger partial charge in [-0.1, -0.05) is 24.3 Å². The van der Waals surface area contributed by atoms with Crippen LogP contribution in [0.1, 0.15) is 31.2 Å². The number of nitrogens with one attached hydrogen (secondary N) is 2. The summed E-state index contributed by atoms with van der Waals surface area (Å²) in [6.45, 7) is 4.84. The van der Waals surface area contributed by atoms with Crippen molar-refractivity contribution in [2.24, 2.45) is 5.92 Å². The lowest BCUT2D eigenvalue weighted by molar-refractivity contribution is -0.122. The average Bonchev–Trinajstić information content (AvgIpc) is 2.65. The minimum Gasteiger partial charge on any atom is -0.497 e. The van der Waals surface area contributed by atoms with E-state index in [1.807, 2.05) is 31.2 Å². The second-order valence-corrected chi connectivity index (χ2v) is 6.65. The van der Waals surface area contributed by atoms with Crippen LogP contribution in [0.2, 0.25) is 0 Å². The lowest BCUT2D eigenvalue weighted by atomic mass is 9.96. The molecule has 24 heavy (non-hydrogen) atoms. The van der Waals surface area contributed by atoms with E-state index in [1.165, 1.54) is 12.8 Å². The fourth-order valence-corrected chi connectivity index (χ4v) is 3.29. The number of carbonyl (C=O) groups excluding carboxylic acids is 1. The van der Waals surface area contributed by atoms with Gasteiger partial charge in [-0.2, -0.15) is 0 Å². The fourth-order valence-electron chi connectivity index (χ4n) is 3.29. The second kappa shape index (κ2) is 7.67. The van der Waals surface area contributed by atoms with Crippen molar-refractivity contribution in [2.45, 2.75) is 25.7 Å². The number of hydrogen-bond donors (Lipinski definition) is 2. The lowest BCUT2D eigenvalue weighted by Gasteiger charge is -2.23. The molecule has 0 saturated carbocycles. The number of amides is 1. The molecule has 2 N–H and O–H groups in total. The van der Waals surface area contributed by atoms with Crippen LogP contribution < -0.4 is 15.4 Å². The average molecular weight is 326 g/mol. The number of rotatable bonds is 5. The zero-order valence-electron chi connectivity index (χ0n) is 14.5. The first-order valence-corrected chi connectivity index (χ1v) is 8.73. The third-order valence-corrected chi connectivity index (χ3v) is 4.93. The summed E-state index contributed by atoms with van der Waals surface area (Å²) in [6.07, 6.45) is 2.39. The third-order valence-electron chi connectivity index (χ3n) is 4.93. The zero-order chi connectivity index (χ0) is 16.9. The molecule has 1 fully saturated rings. The topological polar surface area (TPSA) is 50.4 Å². The first kappa shape index (κ1) is 16.8. The summed E-state index contributed by atoms with van der Waals surface area (Å²) in [4.78, 5) is 12.5. The van der Waals surface area contributed by atoms with Gasteiger partial charge in [0.1, 0.15) is 5.75 Å². The van der Waals surface area contributed by atoms with Crippen molar-refractivity contribution in [3.05, 3.63) is 42.0 Å². The molecule has 4 heteroatoms. The van der Waals surface area contributed by atoms with Crippen LogP contribution in [-0.4, -0.2) is 32.7 Å². The Morgan fingerprint density at radius 1 is 1.29 bits per heavy atom. The van der Waals surface area contributed by atoms with Crippen LogP contribution in [0.3, 0.4) is 0 Å². The molecule has 1 heterocycles. The maximum absolute atomic E-state index is 12.5. The highest BCUT2D eigenvalue weighted by atomic mass is 16.5. The summed E-state index contributed by atoms with van der Waals surface area (Å²) in [5, 5.41) is 8.76. The van der Waals surface area contributed by atoms with E-state index in [1.54, 1.807) is 7.11 Å². The second-order valence-electron chi connectivity index (χ2n) is 6.65. The van der Waals surface area contributed by atoms with Crippen molar-refractivity contribution >= 4 is 16.7 Å². The van der Waals surface area contributed by atoms with E-state index < -0.39 is 0 Å². The van der Waals surface area contributed by atoms with Gasteiger partial charge in [-0.15, -0.1) is 0 Å². The molecule has 1 aliphatic rings. The molecule has 2 atom stereocenters. The van der Waals surface area contributed by atoms with Crippen molar-refractivity contribution in [3.63, 3.8) is 0 Å². The molecule has 1 amide bonds. The van der Waals surface area contributed by atoms with Crippen LogP contribution in [0.5, 0.6) is 5.75 Å². The largest absolute Gasteiger partial charge is 0.497 e. The first-order chi connectivity index (χ1) is 11.7. The Labute approximate surface area is 143 Å². The van der Waals surface area contributed by atoms with Crippen molar-refractivity contribution in [1.82, 2.24) is 10.6 Å². The normalized spacial score (nSPS) is 19.0. The predicted molar refractivity (Wildman–Crippen MR) is 97.5 cm³/mol. The smallest absolute Gasteiger partial charge is 0.227 e. The third kappa shape index (κ3) is 3.88. The summed E-state index contributed by atoms with van der Waals surface area (Å²) < 4.78 is 5.26. The van der Waals surface area contributed by atoms with Crippen LogP contribution in [0.25, 0.3) is 10.8 Å². The summed E-state index contributed by atoms with van der Waals surface area (Å²) in [6, 6.07) is 12.2. The molecule has 2 aromatic rings. The Balaban J connectivity index is 1.65. The van der Waals surface area contributed by atoms with Crippen molar-refractivity contribution in [2.75, 3.05) is 26.7 Å². The maximum Gasteiger partial charge on any atom is 0.227 e. The van der Waals surface area contributed by atoms with Gasteiger partial charge in [0.25, 0.3) is 0 Å². The van der Waals surface area contributed by atoms with Gasteiger partial charge in [-0.3, -0.25) is 4.79 Å². The zero-order valence-corrected chi connectivity index (χ0v) is 14.5. The molecule has 4 nitrogen and oxygen atoms in total. The van der Waals surface area contributed by atoms with E-state index in [4.69, 9.17) is 4.74 Å². The maximum atomic E-state index is 12.5. The summed E-state index contributed by atoms with van der Waals surface area (Å²) in [5.74, 6) is 1.36. The van der Waals surface area contributed by atoms with Gasteiger partial charge in [0.15, 0.2) is 0 Å². The lowest BCUT2D eigenvalue weighted by Crippen LogP contribution is -2.39. The molecule has 3 rings (SSSR count). The van der Waals surface area contributed by atoms with E-state index in [9.17, 15) is 4.79 Å². The number of piperidine rings is 1. The highest BCUT2D eigenvalue weighted by Gasteiger charge is 2.18. The van der Waals surface area contributed by atoms with Crippen molar-refractivity contribution in [3.8, 4) is 5.75 Å². The molecule has 128 valence electrons. The molecule has 0 radical (unpaired) electrons. The summed E-state index contributed by atoms with van der Waals surface area (Å²) in [7, 11) is 1.67. The van der Waals surface area contributed by atoms with E-state index >= 15 is 0 Å². The minimum atomic E-state index is -0.145. The highest BCUT2D eigenvalue weighted by Crippen LogP contribution is 2.25. The monoisotopic (exact) mass is 326 g/mol. The highest BCUT2D eigenvalue weighted by molar-refractivity contribution is 5.88. The standard InChI is InChI=1S/C20H26N2O2/c1-14(20(23)22-13-15-4-3-9-21-12-15)16-5-6-18-11-19(24-2)8-7-17(18)10-16/h5-8,10-11,14-15,21H,3-4,9,12-13H2,1-2H3,(H,22,23). The molecule has 2 unspecified atom stereocenters. The Hall–Kier alpha value is -2.07. The Morgan fingerprint density at radius 2 is 2.08 bits per heavy atom. The van der Waals surface area contributed by atoms with Gasteiger partial charge in [-0.25, -0.2) is 0 Å². The molecule has 0 aliphatic carbocycles. The molecule has 0 aromatic heterocycles. The van der Waals surface area contributed by atoms with Gasteiger partial charge >= 0.3 is 0 Å². The van der Waals surface area contributed by atoms with Gasteiger partial charge in [0.05, 0.1) is 13.0 Å². The van der Waals surface area contributed by atoms with Crippen molar-refractivity contribution in [1.29, 1.82) is 0 Å². The van der Waals surface area contributed by atoms with Gasteiger partial charge in [0.2, 0.25) is 5.91 Å². The molecule has 2 aromatic carbocycles. The molecule has 0 spiro atoms. The quantitative estimate of drug-likeness (QED) is 0.888. The SMILES string of the molecule is COc1ccc2cc(C(C)C(=O)NCC3CCCNC3)ccc2c1. The number of methoxy groups -OCH3 is 1. The molecule has 1 saturated heterocycles. The number of ether oxygens (including phenoxy) is 1. The first-order valence-electron chi connectivity index (χ1n) is 8.73. The molecular formula is C20H26N2O2. The van der Waals surface area contributed by atoms with E-state index in [2.05, 4.69) is 22.8 Å². The van der Waals surface area contributed by atoms with Crippen molar-refractivity contribution < 1.29 is 9.53 Å². The molecule has 1 aliphatic heterocycles. The van der Waals surface area contributed by atoms with E-state index in [0.717, 1.165) is 41.7 Å². The number of benzene rings is 2. The Morgan fingerprint density at radius 3 is 2.83 bits per heavy atom. The van der Waals surface area contributed by atoms with Crippen LogP contribution in [-0.2, 0) is 4.79 Å². The van der Waals surface area contributed by atoms with E-state index in [-0.39, 0.29) is 11.8 Å². The Bertz CT molecular complexity index is 708. The molecule has 0 bridgehead atoms. The van der Waals surface area contributed by atoms with Crippen LogP contribution in [0, 0.1) is 5.92 Å². The summed E-state index contributed by atoms with van der Waals surface area (Å²) in [5.41, 5.74) is 1.05. The van der Waals surface area contributed by atoms with Gasteiger partial charge in [-0.05, 0) is 67.2 Å². The Kier molecular flexibility index (Phi) is 5.36. The van der Waals surface area contributed by atoms with Crippen LogP contribution >= 0.6 is 0 Å². The molecular weight excluding hydrogens is 300 g/mol. The van der Waals surface area contributed by atoms with Crippen LogP contribution in [0.15, 0.2) is 36.4 Å². The fraction of sp³-hybridized carbons (Fsp3) is 0.450. The van der Waals surface area contributed by atoms with E-state index in [0.29, 0.717) is 5.92 Å². The van der Waals surface area contributed by atoms with Crippen LogP contribution in [0.4, 0.5) is 0 Å². The van der Waals surface area contributed by atoms with Gasteiger partial charge in [0, 0.05) is 6.54 Å². The van der Waals surface area contributed by atoms with Gasteiger partial charge < -0.3 is 15.4 Å². The number of carbonyl (C=O) groups is 1. The predicted octanol–water partition coefficient (Wildman–Crippen LogP) is 3.07.